The van der Waals surface area contributed by atoms with Crippen LogP contribution >= 0.6 is 11.6 Å². The highest BCUT2D eigenvalue weighted by atomic mass is 35.5. The summed E-state index contributed by atoms with van der Waals surface area (Å²) < 4.78 is 1.72. The first kappa shape index (κ1) is 25.5. The van der Waals surface area contributed by atoms with Crippen molar-refractivity contribution >= 4 is 29.2 Å². The van der Waals surface area contributed by atoms with Gasteiger partial charge in [0.25, 0.3) is 5.91 Å². The molecule has 7 nitrogen and oxygen atoms in total. The minimum absolute atomic E-state index is 0.0371. The fourth-order valence-corrected chi connectivity index (χ4v) is 4.49. The van der Waals surface area contributed by atoms with Crippen LogP contribution in [0, 0.1) is 24.7 Å². The summed E-state index contributed by atoms with van der Waals surface area (Å²) in [6.45, 7) is 5.65. The van der Waals surface area contributed by atoms with Gasteiger partial charge in [-0.25, -0.2) is 4.98 Å². The van der Waals surface area contributed by atoms with Gasteiger partial charge in [0.05, 0.1) is 17.3 Å². The van der Waals surface area contributed by atoms with Crippen molar-refractivity contribution in [3.8, 4) is 11.8 Å². The molecule has 3 aromatic rings. The predicted octanol–water partition coefficient (Wildman–Crippen LogP) is 5.15. The van der Waals surface area contributed by atoms with Crippen LogP contribution in [-0.2, 0) is 4.79 Å². The van der Waals surface area contributed by atoms with Crippen LogP contribution < -0.4 is 10.6 Å². The van der Waals surface area contributed by atoms with Crippen molar-refractivity contribution in [2.45, 2.75) is 58.5 Å². The first-order chi connectivity index (χ1) is 17.3. The number of nitrogens with one attached hydrogen (secondary N) is 2. The van der Waals surface area contributed by atoms with Crippen molar-refractivity contribution in [1.82, 2.24) is 20.1 Å². The SMILES string of the molecule is Cc1cc(C#Cc2ccccc2)cnc1NC(=O)c1c(Cl)cnn1C1CCC(NC(=O)C(C)C)CC1. The smallest absolute Gasteiger partial charge is 0.276 e. The Morgan fingerprint density at radius 3 is 2.42 bits per heavy atom. The summed E-state index contributed by atoms with van der Waals surface area (Å²) in [6, 6.07) is 11.8. The molecule has 4 rings (SSSR count). The van der Waals surface area contributed by atoms with Gasteiger partial charge >= 0.3 is 0 Å². The van der Waals surface area contributed by atoms with Crippen LogP contribution in [0.5, 0.6) is 0 Å². The molecule has 0 atom stereocenters. The molecule has 2 heterocycles. The van der Waals surface area contributed by atoms with Crippen LogP contribution in [0.1, 0.15) is 72.8 Å². The Kier molecular flexibility index (Phi) is 8.07. The molecule has 2 N–H and O–H groups in total. The molecule has 2 aromatic heterocycles. The third-order valence-electron chi connectivity index (χ3n) is 6.31. The number of nitrogens with zero attached hydrogens (tertiary/aromatic N) is 3. The molecule has 2 amide bonds. The molecule has 0 radical (unpaired) electrons. The fraction of sp³-hybridized carbons (Fsp3) is 0.357. The van der Waals surface area contributed by atoms with Crippen molar-refractivity contribution in [3.63, 3.8) is 0 Å². The molecule has 0 spiro atoms. The second kappa shape index (κ2) is 11.4. The van der Waals surface area contributed by atoms with E-state index < -0.39 is 0 Å². The molecule has 0 aliphatic heterocycles. The quantitative estimate of drug-likeness (QED) is 0.471. The summed E-state index contributed by atoms with van der Waals surface area (Å²) >= 11 is 6.38. The van der Waals surface area contributed by atoms with Gasteiger partial charge in [-0.3, -0.25) is 14.3 Å². The normalized spacial score (nSPS) is 17.2. The monoisotopic (exact) mass is 503 g/mol. The van der Waals surface area contributed by atoms with E-state index in [1.54, 1.807) is 10.9 Å². The van der Waals surface area contributed by atoms with Gasteiger partial charge in [-0.05, 0) is 56.4 Å². The Morgan fingerprint density at radius 1 is 1.06 bits per heavy atom. The molecular formula is C28H30ClN5O2. The average Bonchev–Trinajstić information content (AvgIpc) is 3.26. The lowest BCUT2D eigenvalue weighted by molar-refractivity contribution is -0.125. The number of carbonyl (C=O) groups excluding carboxylic acids is 2. The molecule has 1 aromatic carbocycles. The Morgan fingerprint density at radius 2 is 1.75 bits per heavy atom. The summed E-state index contributed by atoms with van der Waals surface area (Å²) in [6.07, 6.45) is 6.40. The van der Waals surface area contributed by atoms with Crippen LogP contribution in [-0.4, -0.2) is 32.6 Å². The second-order valence-electron chi connectivity index (χ2n) is 9.41. The third kappa shape index (κ3) is 6.13. The number of rotatable bonds is 5. The van der Waals surface area contributed by atoms with Gasteiger partial charge in [0.15, 0.2) is 0 Å². The van der Waals surface area contributed by atoms with Gasteiger partial charge in [-0.15, -0.1) is 0 Å². The number of anilines is 1. The van der Waals surface area contributed by atoms with E-state index in [1.807, 2.05) is 57.2 Å². The van der Waals surface area contributed by atoms with Crippen LogP contribution in [0.4, 0.5) is 5.82 Å². The van der Waals surface area contributed by atoms with E-state index in [4.69, 9.17) is 11.6 Å². The van der Waals surface area contributed by atoms with Crippen LogP contribution in [0.3, 0.4) is 0 Å². The van der Waals surface area contributed by atoms with Crippen molar-refractivity contribution in [2.24, 2.45) is 5.92 Å². The lowest BCUT2D eigenvalue weighted by atomic mass is 9.90. The zero-order valence-corrected chi connectivity index (χ0v) is 21.5. The van der Waals surface area contributed by atoms with Crippen LogP contribution in [0.25, 0.3) is 0 Å². The summed E-state index contributed by atoms with van der Waals surface area (Å²) in [4.78, 5) is 29.6. The van der Waals surface area contributed by atoms with E-state index in [1.165, 1.54) is 6.20 Å². The predicted molar refractivity (Wildman–Crippen MR) is 141 cm³/mol. The number of carbonyl (C=O) groups is 2. The standard InChI is InChI=1S/C28H30ClN5O2/c1-18(2)27(35)32-22-11-13-23(14-12-22)34-25(24(29)17-31-34)28(36)33-26-19(3)15-21(16-30-26)10-9-20-7-5-4-6-8-20/h4-8,15-18,22-23H,11-14H2,1-3H3,(H,32,35)(H,30,33,36). The fourth-order valence-electron chi connectivity index (χ4n) is 4.27. The molecule has 1 aliphatic rings. The highest BCUT2D eigenvalue weighted by Crippen LogP contribution is 2.31. The number of aromatic nitrogens is 3. The molecule has 186 valence electrons. The third-order valence-corrected chi connectivity index (χ3v) is 6.59. The van der Waals surface area contributed by atoms with E-state index in [2.05, 4.69) is 32.6 Å². The van der Waals surface area contributed by atoms with Gasteiger partial charge < -0.3 is 10.6 Å². The van der Waals surface area contributed by atoms with Crippen LogP contribution in [0.2, 0.25) is 5.02 Å². The molecule has 1 fully saturated rings. The Balaban J connectivity index is 1.43. The topological polar surface area (TPSA) is 88.9 Å². The number of benzene rings is 1. The molecule has 0 bridgehead atoms. The molecule has 1 aliphatic carbocycles. The summed E-state index contributed by atoms with van der Waals surface area (Å²) in [7, 11) is 0. The molecular weight excluding hydrogens is 474 g/mol. The molecule has 8 heteroatoms. The maximum absolute atomic E-state index is 13.2. The molecule has 1 saturated carbocycles. The summed E-state index contributed by atoms with van der Waals surface area (Å²) in [5, 5.41) is 10.7. The Bertz CT molecular complexity index is 1300. The lowest BCUT2D eigenvalue weighted by Crippen LogP contribution is -2.40. The highest BCUT2D eigenvalue weighted by Gasteiger charge is 2.29. The van der Waals surface area contributed by atoms with Crippen LogP contribution in [0.15, 0.2) is 48.8 Å². The molecule has 0 saturated heterocycles. The summed E-state index contributed by atoms with van der Waals surface area (Å²) in [5.41, 5.74) is 2.80. The lowest BCUT2D eigenvalue weighted by Gasteiger charge is -2.30. The van der Waals surface area contributed by atoms with E-state index >= 15 is 0 Å². The van der Waals surface area contributed by atoms with Crippen molar-refractivity contribution < 1.29 is 9.59 Å². The van der Waals surface area contributed by atoms with Gasteiger partial charge in [0.2, 0.25) is 5.91 Å². The second-order valence-corrected chi connectivity index (χ2v) is 9.82. The largest absolute Gasteiger partial charge is 0.353 e. The number of amides is 2. The van der Waals surface area contributed by atoms with Gasteiger partial charge in [-0.1, -0.05) is 55.5 Å². The van der Waals surface area contributed by atoms with Gasteiger partial charge in [0.1, 0.15) is 11.5 Å². The number of hydrogen-bond acceptors (Lipinski definition) is 4. The maximum Gasteiger partial charge on any atom is 0.276 e. The van der Waals surface area contributed by atoms with Gasteiger partial charge in [-0.2, -0.15) is 5.10 Å². The van der Waals surface area contributed by atoms with E-state index in [-0.39, 0.29) is 29.8 Å². The first-order valence-corrected chi connectivity index (χ1v) is 12.6. The molecule has 36 heavy (non-hydrogen) atoms. The maximum atomic E-state index is 13.2. The number of halogens is 1. The Labute approximate surface area is 216 Å². The summed E-state index contributed by atoms with van der Waals surface area (Å²) in [5.74, 6) is 6.35. The van der Waals surface area contributed by atoms with Gasteiger partial charge in [0, 0.05) is 29.3 Å². The minimum atomic E-state index is -0.355. The first-order valence-electron chi connectivity index (χ1n) is 12.2. The van der Waals surface area contributed by atoms with Crippen molar-refractivity contribution in [3.05, 3.63) is 76.2 Å². The highest BCUT2D eigenvalue weighted by molar-refractivity contribution is 6.34. The minimum Gasteiger partial charge on any atom is -0.353 e. The zero-order valence-electron chi connectivity index (χ0n) is 20.7. The Hall–Kier alpha value is -3.63. The number of hydrogen-bond donors (Lipinski definition) is 2. The molecule has 0 unspecified atom stereocenters. The van der Waals surface area contributed by atoms with E-state index in [0.29, 0.717) is 16.5 Å². The average molecular weight is 504 g/mol. The zero-order chi connectivity index (χ0) is 25.7. The van der Waals surface area contributed by atoms with Crippen molar-refractivity contribution in [2.75, 3.05) is 5.32 Å². The van der Waals surface area contributed by atoms with E-state index in [9.17, 15) is 9.59 Å². The number of pyridine rings is 1. The van der Waals surface area contributed by atoms with Crippen molar-refractivity contribution in [1.29, 1.82) is 0 Å². The van der Waals surface area contributed by atoms with E-state index in [0.717, 1.165) is 42.4 Å². The number of aryl methyl sites for hydroxylation is 1.